The number of nitrogens with one attached hydrogen (secondary N) is 2. The van der Waals surface area contributed by atoms with Gasteiger partial charge in [-0.15, -0.1) is 0 Å². The molecule has 2 amide bonds. The van der Waals surface area contributed by atoms with Crippen molar-refractivity contribution >= 4 is 6.03 Å². The summed E-state index contributed by atoms with van der Waals surface area (Å²) in [6.07, 6.45) is 0. The zero-order valence-electron chi connectivity index (χ0n) is 14.7. The minimum absolute atomic E-state index is 0.00671. The van der Waals surface area contributed by atoms with Crippen LogP contribution in [0.15, 0.2) is 54.6 Å². The molecular formula is C20H26N2O3. The second kappa shape index (κ2) is 9.69. The Hall–Kier alpha value is -2.53. The van der Waals surface area contributed by atoms with Crippen molar-refractivity contribution in [1.29, 1.82) is 0 Å². The molecule has 0 radical (unpaired) electrons. The predicted molar refractivity (Wildman–Crippen MR) is 98.3 cm³/mol. The molecule has 0 aliphatic heterocycles. The molecule has 0 saturated heterocycles. The van der Waals surface area contributed by atoms with E-state index in [2.05, 4.69) is 10.6 Å². The number of carbonyl (C=O) groups is 1. The van der Waals surface area contributed by atoms with Gasteiger partial charge >= 0.3 is 6.03 Å². The number of aliphatic hydroxyl groups is 1. The zero-order chi connectivity index (χ0) is 18.1. The Labute approximate surface area is 149 Å². The number of benzene rings is 2. The van der Waals surface area contributed by atoms with Gasteiger partial charge in [0.2, 0.25) is 0 Å². The number of hydrogen-bond acceptors (Lipinski definition) is 3. The first-order valence-electron chi connectivity index (χ1n) is 8.50. The third-order valence-electron chi connectivity index (χ3n) is 4.15. The molecule has 134 valence electrons. The summed E-state index contributed by atoms with van der Waals surface area (Å²) >= 11 is 0. The van der Waals surface area contributed by atoms with E-state index in [1.165, 1.54) is 0 Å². The fraction of sp³-hybridized carbons (Fsp3) is 0.350. The van der Waals surface area contributed by atoms with E-state index in [4.69, 9.17) is 9.84 Å². The van der Waals surface area contributed by atoms with Crippen LogP contribution < -0.4 is 15.4 Å². The van der Waals surface area contributed by atoms with Gasteiger partial charge < -0.3 is 20.5 Å². The van der Waals surface area contributed by atoms with E-state index in [1.807, 2.05) is 68.4 Å². The lowest BCUT2D eigenvalue weighted by molar-refractivity contribution is 0.200. The largest absolute Gasteiger partial charge is 0.489 e. The highest BCUT2D eigenvalue weighted by Gasteiger charge is 2.14. The summed E-state index contributed by atoms with van der Waals surface area (Å²) in [7, 11) is 0. The lowest BCUT2D eigenvalue weighted by Crippen LogP contribution is -2.44. The van der Waals surface area contributed by atoms with Crippen molar-refractivity contribution in [1.82, 2.24) is 10.6 Å². The summed E-state index contributed by atoms with van der Waals surface area (Å²) < 4.78 is 5.89. The van der Waals surface area contributed by atoms with Crippen LogP contribution in [0.5, 0.6) is 5.75 Å². The quantitative estimate of drug-likeness (QED) is 0.690. The Morgan fingerprint density at radius 3 is 2.48 bits per heavy atom. The monoisotopic (exact) mass is 342 g/mol. The topological polar surface area (TPSA) is 70.6 Å². The van der Waals surface area contributed by atoms with Crippen LogP contribution in [0.1, 0.15) is 25.0 Å². The predicted octanol–water partition coefficient (Wildman–Crippen LogP) is 3.08. The molecule has 2 aromatic rings. The summed E-state index contributed by atoms with van der Waals surface area (Å²) in [6.45, 7) is 4.65. The molecule has 2 aromatic carbocycles. The molecule has 5 nitrogen and oxygen atoms in total. The molecule has 0 aliphatic rings. The number of para-hydroxylation sites is 1. The van der Waals surface area contributed by atoms with Crippen LogP contribution in [0.25, 0.3) is 0 Å². The first kappa shape index (κ1) is 18.8. The Bertz CT molecular complexity index is 661. The molecule has 0 bridgehead atoms. The number of rotatable bonds is 8. The van der Waals surface area contributed by atoms with E-state index in [-0.39, 0.29) is 24.6 Å². The van der Waals surface area contributed by atoms with Crippen LogP contribution in [0.4, 0.5) is 4.79 Å². The highest BCUT2D eigenvalue weighted by Crippen LogP contribution is 2.19. The second-order valence-electron chi connectivity index (χ2n) is 6.16. The van der Waals surface area contributed by atoms with Crippen LogP contribution in [-0.4, -0.2) is 23.8 Å². The van der Waals surface area contributed by atoms with Crippen molar-refractivity contribution in [3.8, 4) is 5.75 Å². The molecule has 0 heterocycles. The minimum atomic E-state index is -0.259. The molecule has 0 aliphatic carbocycles. The van der Waals surface area contributed by atoms with Crippen molar-refractivity contribution in [3.05, 3.63) is 65.7 Å². The molecule has 0 saturated carbocycles. The average molecular weight is 342 g/mol. The number of hydrogen-bond donors (Lipinski definition) is 3. The maximum atomic E-state index is 12.0. The molecule has 25 heavy (non-hydrogen) atoms. The normalized spacial score (nSPS) is 12.9. The molecule has 0 spiro atoms. The Balaban J connectivity index is 1.88. The SMILES string of the molecule is CC(CO)C(C)NC(=O)NCc1ccccc1OCc1ccccc1. The van der Waals surface area contributed by atoms with Crippen LogP contribution in [0.2, 0.25) is 0 Å². The van der Waals surface area contributed by atoms with Gasteiger partial charge in [-0.3, -0.25) is 0 Å². The lowest BCUT2D eigenvalue weighted by atomic mass is 10.1. The van der Waals surface area contributed by atoms with Gasteiger partial charge in [0.15, 0.2) is 0 Å². The fourth-order valence-electron chi connectivity index (χ4n) is 2.26. The Kier molecular flexibility index (Phi) is 7.29. The van der Waals surface area contributed by atoms with Crippen molar-refractivity contribution in [2.24, 2.45) is 5.92 Å². The van der Waals surface area contributed by atoms with Crippen molar-refractivity contribution in [2.45, 2.75) is 33.0 Å². The van der Waals surface area contributed by atoms with Crippen LogP contribution in [0.3, 0.4) is 0 Å². The van der Waals surface area contributed by atoms with Gasteiger partial charge in [-0.25, -0.2) is 4.79 Å². The number of aliphatic hydroxyl groups excluding tert-OH is 1. The standard InChI is InChI=1S/C20H26N2O3/c1-15(13-23)16(2)22-20(24)21-12-18-10-6-7-11-19(18)25-14-17-8-4-3-5-9-17/h3-11,15-16,23H,12-14H2,1-2H3,(H2,21,22,24). The number of amides is 2. The van der Waals surface area contributed by atoms with E-state index in [9.17, 15) is 4.79 Å². The molecule has 3 N–H and O–H groups in total. The van der Waals surface area contributed by atoms with Crippen LogP contribution in [0, 0.1) is 5.92 Å². The Morgan fingerprint density at radius 1 is 1.08 bits per heavy atom. The molecule has 2 atom stereocenters. The van der Waals surface area contributed by atoms with E-state index < -0.39 is 0 Å². The minimum Gasteiger partial charge on any atom is -0.489 e. The van der Waals surface area contributed by atoms with E-state index in [1.54, 1.807) is 0 Å². The zero-order valence-corrected chi connectivity index (χ0v) is 14.7. The smallest absolute Gasteiger partial charge is 0.315 e. The number of carbonyl (C=O) groups excluding carboxylic acids is 1. The fourth-order valence-corrected chi connectivity index (χ4v) is 2.26. The summed E-state index contributed by atoms with van der Waals surface area (Å²) in [6, 6.07) is 17.2. The third kappa shape index (κ3) is 6.12. The number of ether oxygens (including phenoxy) is 1. The van der Waals surface area contributed by atoms with Gasteiger partial charge in [-0.05, 0) is 24.5 Å². The summed E-state index contributed by atoms with van der Waals surface area (Å²) in [4.78, 5) is 12.0. The van der Waals surface area contributed by atoms with Crippen LogP contribution >= 0.6 is 0 Å². The van der Waals surface area contributed by atoms with Crippen molar-refractivity contribution in [2.75, 3.05) is 6.61 Å². The average Bonchev–Trinajstić information content (AvgIpc) is 2.65. The molecular weight excluding hydrogens is 316 g/mol. The van der Waals surface area contributed by atoms with E-state index >= 15 is 0 Å². The molecule has 0 aromatic heterocycles. The van der Waals surface area contributed by atoms with Gasteiger partial charge in [0.05, 0.1) is 0 Å². The Morgan fingerprint density at radius 2 is 1.76 bits per heavy atom. The third-order valence-corrected chi connectivity index (χ3v) is 4.15. The van der Waals surface area contributed by atoms with Crippen molar-refractivity contribution < 1.29 is 14.6 Å². The lowest BCUT2D eigenvalue weighted by Gasteiger charge is -2.20. The van der Waals surface area contributed by atoms with Gasteiger partial charge in [-0.2, -0.15) is 0 Å². The number of urea groups is 1. The molecule has 0 fully saturated rings. The highest BCUT2D eigenvalue weighted by molar-refractivity contribution is 5.74. The first-order valence-corrected chi connectivity index (χ1v) is 8.50. The van der Waals surface area contributed by atoms with E-state index in [0.717, 1.165) is 16.9 Å². The van der Waals surface area contributed by atoms with Gasteiger partial charge in [0.25, 0.3) is 0 Å². The van der Waals surface area contributed by atoms with Crippen molar-refractivity contribution in [3.63, 3.8) is 0 Å². The van der Waals surface area contributed by atoms with Gasteiger partial charge in [0.1, 0.15) is 12.4 Å². The van der Waals surface area contributed by atoms with E-state index in [0.29, 0.717) is 13.2 Å². The molecule has 2 unspecified atom stereocenters. The summed E-state index contributed by atoms with van der Waals surface area (Å²) in [5.41, 5.74) is 2.01. The maximum absolute atomic E-state index is 12.0. The van der Waals surface area contributed by atoms with Crippen LogP contribution in [-0.2, 0) is 13.2 Å². The second-order valence-corrected chi connectivity index (χ2v) is 6.16. The highest BCUT2D eigenvalue weighted by atomic mass is 16.5. The maximum Gasteiger partial charge on any atom is 0.315 e. The summed E-state index contributed by atoms with van der Waals surface area (Å²) in [5.74, 6) is 0.760. The first-order chi connectivity index (χ1) is 12.1. The molecule has 5 heteroatoms. The molecule has 2 rings (SSSR count). The van der Waals surface area contributed by atoms with Gasteiger partial charge in [0, 0.05) is 24.8 Å². The van der Waals surface area contributed by atoms with Gasteiger partial charge in [-0.1, -0.05) is 55.5 Å². The summed E-state index contributed by atoms with van der Waals surface area (Å²) in [5, 5.41) is 14.8.